The second kappa shape index (κ2) is 6.06. The molecule has 3 heteroatoms. The minimum Gasteiger partial charge on any atom is -0.204 e. The Morgan fingerprint density at radius 3 is 2.67 bits per heavy atom. The third kappa shape index (κ3) is 3.78. The van der Waals surface area contributed by atoms with Gasteiger partial charge in [0.25, 0.3) is 0 Å². The highest BCUT2D eigenvalue weighted by molar-refractivity contribution is 6.20. The summed E-state index contributed by atoms with van der Waals surface area (Å²) in [6, 6.07) is 4.26. The van der Waals surface area contributed by atoms with Gasteiger partial charge in [-0.25, -0.2) is 8.78 Å². The Balaban J connectivity index is 2.54. The van der Waals surface area contributed by atoms with Crippen molar-refractivity contribution in [1.29, 1.82) is 0 Å². The molecule has 1 rings (SSSR count). The van der Waals surface area contributed by atoms with Gasteiger partial charge in [0.15, 0.2) is 11.6 Å². The third-order valence-electron chi connectivity index (χ3n) is 2.36. The number of rotatable bonds is 5. The Bertz CT molecular complexity index is 312. The zero-order valence-electron chi connectivity index (χ0n) is 8.77. The molecular weight excluding hydrogens is 218 g/mol. The second-order valence-electron chi connectivity index (χ2n) is 3.64. The standard InChI is InChI=1S/C12H15ClF2/c1-2-4-10(13)8-7-9-5-3-6-11(14)12(9)15/h3,5-6,10H,2,4,7-8H2,1H3. The van der Waals surface area contributed by atoms with Crippen molar-refractivity contribution >= 4 is 11.6 Å². The van der Waals surface area contributed by atoms with E-state index in [9.17, 15) is 8.78 Å². The van der Waals surface area contributed by atoms with E-state index >= 15 is 0 Å². The maximum atomic E-state index is 13.2. The van der Waals surface area contributed by atoms with Crippen LogP contribution in [-0.4, -0.2) is 5.38 Å². The largest absolute Gasteiger partial charge is 0.204 e. The van der Waals surface area contributed by atoms with E-state index in [1.165, 1.54) is 6.07 Å². The molecule has 0 spiro atoms. The van der Waals surface area contributed by atoms with Crippen molar-refractivity contribution in [3.8, 4) is 0 Å². The van der Waals surface area contributed by atoms with Gasteiger partial charge in [0.1, 0.15) is 0 Å². The number of hydrogen-bond donors (Lipinski definition) is 0. The first-order chi connectivity index (χ1) is 7.15. The van der Waals surface area contributed by atoms with Crippen molar-refractivity contribution in [2.75, 3.05) is 0 Å². The molecule has 0 saturated carbocycles. The zero-order chi connectivity index (χ0) is 11.3. The molecule has 0 aliphatic heterocycles. The molecule has 0 bridgehead atoms. The van der Waals surface area contributed by atoms with Gasteiger partial charge in [-0.15, -0.1) is 11.6 Å². The molecule has 15 heavy (non-hydrogen) atoms. The van der Waals surface area contributed by atoms with E-state index in [1.54, 1.807) is 6.07 Å². The van der Waals surface area contributed by atoms with Crippen LogP contribution in [0.15, 0.2) is 18.2 Å². The molecule has 1 atom stereocenters. The molecule has 0 aliphatic carbocycles. The molecule has 1 aromatic rings. The Hall–Kier alpha value is -0.630. The van der Waals surface area contributed by atoms with Gasteiger partial charge in [0, 0.05) is 5.38 Å². The maximum Gasteiger partial charge on any atom is 0.162 e. The molecule has 1 unspecified atom stereocenters. The van der Waals surface area contributed by atoms with Crippen LogP contribution in [0.1, 0.15) is 31.7 Å². The lowest BCUT2D eigenvalue weighted by molar-refractivity contribution is 0.496. The number of benzene rings is 1. The van der Waals surface area contributed by atoms with Crippen molar-refractivity contribution in [2.45, 2.75) is 38.0 Å². The Morgan fingerprint density at radius 1 is 1.27 bits per heavy atom. The van der Waals surface area contributed by atoms with Gasteiger partial charge in [-0.2, -0.15) is 0 Å². The van der Waals surface area contributed by atoms with Crippen LogP contribution in [0.25, 0.3) is 0 Å². The lowest BCUT2D eigenvalue weighted by Crippen LogP contribution is -2.02. The van der Waals surface area contributed by atoms with E-state index in [-0.39, 0.29) is 5.38 Å². The van der Waals surface area contributed by atoms with Crippen LogP contribution >= 0.6 is 11.6 Å². The summed E-state index contributed by atoms with van der Waals surface area (Å²) < 4.78 is 26.1. The molecule has 0 amide bonds. The van der Waals surface area contributed by atoms with E-state index < -0.39 is 11.6 Å². The number of alkyl halides is 1. The summed E-state index contributed by atoms with van der Waals surface area (Å²) in [5.41, 5.74) is 0.414. The SMILES string of the molecule is CCCC(Cl)CCc1cccc(F)c1F. The fourth-order valence-corrected chi connectivity index (χ4v) is 1.84. The summed E-state index contributed by atoms with van der Waals surface area (Å²) in [5, 5.41) is 0.0534. The summed E-state index contributed by atoms with van der Waals surface area (Å²) in [6.45, 7) is 2.05. The average molecular weight is 233 g/mol. The van der Waals surface area contributed by atoms with Gasteiger partial charge in [0.2, 0.25) is 0 Å². The normalized spacial score (nSPS) is 12.8. The van der Waals surface area contributed by atoms with Crippen LogP contribution in [0.5, 0.6) is 0 Å². The molecule has 0 aliphatic rings. The first kappa shape index (κ1) is 12.4. The maximum absolute atomic E-state index is 13.2. The van der Waals surface area contributed by atoms with Crippen molar-refractivity contribution in [2.24, 2.45) is 0 Å². The summed E-state index contributed by atoms with van der Waals surface area (Å²) in [7, 11) is 0. The van der Waals surface area contributed by atoms with Gasteiger partial charge < -0.3 is 0 Å². The van der Waals surface area contributed by atoms with Gasteiger partial charge in [0.05, 0.1) is 0 Å². The molecule has 0 fully saturated rings. The fourth-order valence-electron chi connectivity index (χ4n) is 1.51. The summed E-state index contributed by atoms with van der Waals surface area (Å²) >= 11 is 6.01. The van der Waals surface area contributed by atoms with E-state index in [0.29, 0.717) is 18.4 Å². The van der Waals surface area contributed by atoms with Crippen LogP contribution < -0.4 is 0 Å². The van der Waals surface area contributed by atoms with E-state index in [4.69, 9.17) is 11.6 Å². The average Bonchev–Trinajstić information content (AvgIpc) is 2.21. The predicted molar refractivity (Wildman–Crippen MR) is 59.2 cm³/mol. The van der Waals surface area contributed by atoms with Crippen molar-refractivity contribution in [3.05, 3.63) is 35.4 Å². The molecule has 84 valence electrons. The first-order valence-electron chi connectivity index (χ1n) is 5.22. The van der Waals surface area contributed by atoms with Crippen molar-refractivity contribution in [3.63, 3.8) is 0 Å². The summed E-state index contributed by atoms with van der Waals surface area (Å²) in [5.74, 6) is -1.52. The van der Waals surface area contributed by atoms with Crippen LogP contribution in [-0.2, 0) is 6.42 Å². The Labute approximate surface area is 94.3 Å². The quantitative estimate of drug-likeness (QED) is 0.664. The monoisotopic (exact) mass is 232 g/mol. The predicted octanol–water partition coefficient (Wildman–Crippen LogP) is 4.30. The smallest absolute Gasteiger partial charge is 0.162 e. The molecule has 0 radical (unpaired) electrons. The first-order valence-corrected chi connectivity index (χ1v) is 5.65. The molecule has 0 aromatic heterocycles. The summed E-state index contributed by atoms with van der Waals surface area (Å²) in [4.78, 5) is 0. The van der Waals surface area contributed by atoms with Crippen molar-refractivity contribution < 1.29 is 8.78 Å². The Morgan fingerprint density at radius 2 is 2.00 bits per heavy atom. The Kier molecular flexibility index (Phi) is 5.03. The van der Waals surface area contributed by atoms with Crippen molar-refractivity contribution in [1.82, 2.24) is 0 Å². The van der Waals surface area contributed by atoms with E-state index in [2.05, 4.69) is 6.92 Å². The number of halogens is 3. The molecular formula is C12H15ClF2. The lowest BCUT2D eigenvalue weighted by atomic mass is 10.1. The summed E-state index contributed by atoms with van der Waals surface area (Å²) in [6.07, 6.45) is 3.12. The fraction of sp³-hybridized carbons (Fsp3) is 0.500. The zero-order valence-corrected chi connectivity index (χ0v) is 9.53. The van der Waals surface area contributed by atoms with Gasteiger partial charge >= 0.3 is 0 Å². The second-order valence-corrected chi connectivity index (χ2v) is 4.25. The van der Waals surface area contributed by atoms with Gasteiger partial charge in [-0.1, -0.05) is 25.5 Å². The molecule has 0 heterocycles. The highest BCUT2D eigenvalue weighted by Crippen LogP contribution is 2.17. The molecule has 1 aromatic carbocycles. The topological polar surface area (TPSA) is 0 Å². The molecule has 0 nitrogen and oxygen atoms in total. The lowest BCUT2D eigenvalue weighted by Gasteiger charge is -2.08. The van der Waals surface area contributed by atoms with Crippen LogP contribution in [0.3, 0.4) is 0 Å². The third-order valence-corrected chi connectivity index (χ3v) is 2.80. The molecule has 0 N–H and O–H groups in total. The number of hydrogen-bond acceptors (Lipinski definition) is 0. The highest BCUT2D eigenvalue weighted by atomic mass is 35.5. The van der Waals surface area contributed by atoms with Crippen LogP contribution in [0.4, 0.5) is 8.78 Å². The van der Waals surface area contributed by atoms with Gasteiger partial charge in [-0.3, -0.25) is 0 Å². The van der Waals surface area contributed by atoms with Crippen LogP contribution in [0, 0.1) is 11.6 Å². The van der Waals surface area contributed by atoms with E-state index in [0.717, 1.165) is 18.9 Å². The number of aryl methyl sites for hydroxylation is 1. The minimum atomic E-state index is -0.783. The highest BCUT2D eigenvalue weighted by Gasteiger charge is 2.09. The minimum absolute atomic E-state index is 0.0534. The van der Waals surface area contributed by atoms with Crippen LogP contribution in [0.2, 0.25) is 0 Å². The van der Waals surface area contributed by atoms with Gasteiger partial charge in [-0.05, 0) is 30.9 Å². The molecule has 0 saturated heterocycles. The van der Waals surface area contributed by atoms with E-state index in [1.807, 2.05) is 0 Å².